The summed E-state index contributed by atoms with van der Waals surface area (Å²) < 4.78 is 17.8. The van der Waals surface area contributed by atoms with Crippen LogP contribution in [0.25, 0.3) is 11.1 Å². The number of hydrogen-bond donors (Lipinski definition) is 2. The molecule has 1 amide bonds. The van der Waals surface area contributed by atoms with Crippen LogP contribution in [0, 0.1) is 0 Å². The van der Waals surface area contributed by atoms with Crippen molar-refractivity contribution in [2.45, 2.75) is 33.2 Å². The lowest BCUT2D eigenvalue weighted by Crippen LogP contribution is -2.46. The van der Waals surface area contributed by atoms with E-state index in [2.05, 4.69) is 29.3 Å². The van der Waals surface area contributed by atoms with Gasteiger partial charge in [-0.1, -0.05) is 36.9 Å². The molecule has 6 nitrogen and oxygen atoms in total. The molecule has 0 bridgehead atoms. The van der Waals surface area contributed by atoms with Gasteiger partial charge in [-0.2, -0.15) is 0 Å². The van der Waals surface area contributed by atoms with E-state index in [0.717, 1.165) is 41.5 Å². The van der Waals surface area contributed by atoms with Crippen LogP contribution in [-0.2, 0) is 18.1 Å². The molecule has 0 spiro atoms. The van der Waals surface area contributed by atoms with Gasteiger partial charge in [-0.3, -0.25) is 4.79 Å². The van der Waals surface area contributed by atoms with E-state index in [0.29, 0.717) is 19.8 Å². The van der Waals surface area contributed by atoms with Gasteiger partial charge < -0.3 is 23.9 Å². The van der Waals surface area contributed by atoms with E-state index in [1.54, 1.807) is 0 Å². The first-order chi connectivity index (χ1) is 15.1. The summed E-state index contributed by atoms with van der Waals surface area (Å²) >= 11 is 0. The van der Waals surface area contributed by atoms with E-state index >= 15 is 0 Å². The molecule has 0 aliphatic heterocycles. The van der Waals surface area contributed by atoms with Crippen molar-refractivity contribution in [3.05, 3.63) is 61.2 Å². The van der Waals surface area contributed by atoms with Crippen molar-refractivity contribution in [2.24, 2.45) is 0 Å². The molecule has 0 fully saturated rings. The normalized spacial score (nSPS) is 10.8. The molecule has 2 N–H and O–H groups in total. The highest BCUT2D eigenvalue weighted by atomic mass is 127. The van der Waals surface area contributed by atoms with Crippen molar-refractivity contribution in [3.63, 3.8) is 0 Å². The minimum Gasteiger partial charge on any atom is -0.385 e. The number of benzene rings is 2. The summed E-state index contributed by atoms with van der Waals surface area (Å²) in [5.41, 5.74) is 3.97. The molecular formula is C24H35IN2O4Si. The van der Waals surface area contributed by atoms with Gasteiger partial charge in [0.05, 0.1) is 0 Å². The van der Waals surface area contributed by atoms with Crippen molar-refractivity contribution in [2.75, 3.05) is 37.0 Å². The zero-order valence-electron chi connectivity index (χ0n) is 19.2. The highest BCUT2D eigenvalue weighted by molar-refractivity contribution is 14.0. The first-order valence-electron chi connectivity index (χ1n) is 10.9. The van der Waals surface area contributed by atoms with Crippen LogP contribution in [0.15, 0.2) is 61.2 Å². The summed E-state index contributed by atoms with van der Waals surface area (Å²) in [7, 11) is -2.62. The standard InChI is InChI=1S/C24H34N2O4Si.HI/c1-5-24(27)26-21-16-14-20(15-17-21)22-12-9-10-13-23(22)25-18-11-19-31(28-6-2,29-7-3)30-8-4;/h5,9-10,12-17,25H,1,6-8,11,18-19H2,2-4H3,(H,26,27);1H. The Balaban J connectivity index is 0.00000512. The second kappa shape index (κ2) is 15.2. The molecule has 0 heterocycles. The molecule has 0 atom stereocenters. The van der Waals surface area contributed by atoms with Crippen LogP contribution in [0.1, 0.15) is 27.2 Å². The molecule has 0 saturated heterocycles. The van der Waals surface area contributed by atoms with Crippen LogP contribution in [0.5, 0.6) is 0 Å². The van der Waals surface area contributed by atoms with Crippen LogP contribution >= 0.6 is 24.0 Å². The van der Waals surface area contributed by atoms with Crippen LogP contribution in [0.2, 0.25) is 6.04 Å². The van der Waals surface area contributed by atoms with Gasteiger partial charge in [-0.05, 0) is 57.0 Å². The maximum absolute atomic E-state index is 11.5. The van der Waals surface area contributed by atoms with Crippen molar-refractivity contribution < 1.29 is 18.1 Å². The number of para-hydroxylation sites is 1. The average Bonchev–Trinajstić information content (AvgIpc) is 2.78. The summed E-state index contributed by atoms with van der Waals surface area (Å²) in [6.45, 7) is 11.9. The summed E-state index contributed by atoms with van der Waals surface area (Å²) in [6, 6.07) is 16.7. The maximum Gasteiger partial charge on any atom is 0.500 e. The monoisotopic (exact) mass is 570 g/mol. The molecule has 2 rings (SSSR count). The summed E-state index contributed by atoms with van der Waals surface area (Å²) in [4.78, 5) is 11.5. The lowest BCUT2D eigenvalue weighted by atomic mass is 10.0. The number of hydrogen-bond acceptors (Lipinski definition) is 5. The van der Waals surface area contributed by atoms with E-state index < -0.39 is 8.80 Å². The number of rotatable bonds is 14. The Morgan fingerprint density at radius 1 is 0.969 bits per heavy atom. The SMILES string of the molecule is C=CC(=O)Nc1ccc(-c2ccccc2NCCC[Si](OCC)(OCC)OCC)cc1.I. The number of carbonyl (C=O) groups is 1. The van der Waals surface area contributed by atoms with Crippen molar-refractivity contribution in [1.29, 1.82) is 0 Å². The van der Waals surface area contributed by atoms with E-state index in [1.165, 1.54) is 6.08 Å². The predicted octanol–water partition coefficient (Wildman–Crippen LogP) is 5.95. The number of carbonyl (C=O) groups excluding carboxylic acids is 1. The minimum absolute atomic E-state index is 0. The molecule has 0 aromatic heterocycles. The number of nitrogens with one attached hydrogen (secondary N) is 2. The summed E-state index contributed by atoms with van der Waals surface area (Å²) in [5.74, 6) is -0.222. The Labute approximate surface area is 210 Å². The first-order valence-corrected chi connectivity index (χ1v) is 12.8. The largest absolute Gasteiger partial charge is 0.500 e. The zero-order valence-corrected chi connectivity index (χ0v) is 22.5. The van der Waals surface area contributed by atoms with Gasteiger partial charge >= 0.3 is 8.80 Å². The second-order valence-electron chi connectivity index (χ2n) is 6.83. The second-order valence-corrected chi connectivity index (χ2v) is 9.56. The van der Waals surface area contributed by atoms with Gasteiger partial charge in [-0.15, -0.1) is 24.0 Å². The molecule has 0 aliphatic rings. The van der Waals surface area contributed by atoms with E-state index in [4.69, 9.17) is 13.3 Å². The van der Waals surface area contributed by atoms with Crippen LogP contribution in [0.4, 0.5) is 11.4 Å². The number of anilines is 2. The molecular weight excluding hydrogens is 535 g/mol. The van der Waals surface area contributed by atoms with E-state index in [-0.39, 0.29) is 29.9 Å². The van der Waals surface area contributed by atoms with Gasteiger partial charge in [0.2, 0.25) is 5.91 Å². The van der Waals surface area contributed by atoms with Gasteiger partial charge in [0, 0.05) is 49.3 Å². The Kier molecular flexibility index (Phi) is 13.4. The van der Waals surface area contributed by atoms with Crippen LogP contribution < -0.4 is 10.6 Å². The van der Waals surface area contributed by atoms with Crippen LogP contribution in [0.3, 0.4) is 0 Å². The first kappa shape index (κ1) is 28.3. The Bertz CT molecular complexity index is 816. The van der Waals surface area contributed by atoms with Gasteiger partial charge in [0.1, 0.15) is 0 Å². The fraction of sp³-hybridized carbons (Fsp3) is 0.375. The molecule has 8 heteroatoms. The topological polar surface area (TPSA) is 68.8 Å². The predicted molar refractivity (Wildman–Crippen MR) is 145 cm³/mol. The fourth-order valence-corrected chi connectivity index (χ4v) is 5.96. The Hall–Kier alpha value is -1.72. The lowest BCUT2D eigenvalue weighted by molar-refractivity contribution is -0.111. The summed E-state index contributed by atoms with van der Waals surface area (Å²) in [6.07, 6.45) is 2.14. The minimum atomic E-state index is -2.62. The molecule has 0 unspecified atom stereocenters. The molecule has 0 radical (unpaired) electrons. The number of halogens is 1. The third-order valence-corrected chi connectivity index (χ3v) is 7.80. The van der Waals surface area contributed by atoms with Crippen molar-refractivity contribution in [1.82, 2.24) is 0 Å². The molecule has 32 heavy (non-hydrogen) atoms. The summed E-state index contributed by atoms with van der Waals surface area (Å²) in [5, 5.41) is 6.31. The maximum atomic E-state index is 11.5. The highest BCUT2D eigenvalue weighted by Gasteiger charge is 2.39. The Morgan fingerprint density at radius 3 is 2.12 bits per heavy atom. The van der Waals surface area contributed by atoms with E-state index in [9.17, 15) is 4.79 Å². The van der Waals surface area contributed by atoms with Gasteiger partial charge in [0.25, 0.3) is 0 Å². The fourth-order valence-electron chi connectivity index (χ4n) is 3.34. The van der Waals surface area contributed by atoms with E-state index in [1.807, 2.05) is 57.2 Å². The third-order valence-electron chi connectivity index (χ3n) is 4.64. The van der Waals surface area contributed by atoms with Crippen molar-refractivity contribution >= 4 is 50.1 Å². The Morgan fingerprint density at radius 2 is 1.56 bits per heavy atom. The van der Waals surface area contributed by atoms with Gasteiger partial charge in [0.15, 0.2) is 0 Å². The quantitative estimate of drug-likeness (QED) is 0.127. The third kappa shape index (κ3) is 8.66. The van der Waals surface area contributed by atoms with Crippen molar-refractivity contribution in [3.8, 4) is 11.1 Å². The zero-order chi connectivity index (χ0) is 22.5. The number of amides is 1. The average molecular weight is 571 g/mol. The molecule has 0 aliphatic carbocycles. The highest BCUT2D eigenvalue weighted by Crippen LogP contribution is 2.29. The van der Waals surface area contributed by atoms with Crippen LogP contribution in [-0.4, -0.2) is 41.1 Å². The molecule has 2 aromatic carbocycles. The molecule has 2 aromatic rings. The molecule has 0 saturated carbocycles. The van der Waals surface area contributed by atoms with Gasteiger partial charge in [-0.25, -0.2) is 0 Å². The molecule has 176 valence electrons. The lowest BCUT2D eigenvalue weighted by Gasteiger charge is -2.28. The smallest absolute Gasteiger partial charge is 0.385 e.